The van der Waals surface area contributed by atoms with Crippen molar-refractivity contribution in [3.63, 3.8) is 0 Å². The number of para-hydroxylation sites is 3. The molecule has 3 N–H and O–H groups in total. The molecule has 1 aromatic heterocycles. The summed E-state index contributed by atoms with van der Waals surface area (Å²) in [6.45, 7) is 5.60. The number of benzene rings is 2. The summed E-state index contributed by atoms with van der Waals surface area (Å²) in [6.07, 6.45) is 0.356. The second-order valence-corrected chi connectivity index (χ2v) is 6.34. The number of aromatic nitrogens is 2. The maximum absolute atomic E-state index is 10.5. The number of ether oxygens (including phenoxy) is 1. The number of fused-ring (bicyclic) bond motifs is 1. The monoisotopic (exact) mass is 340 g/mol. The van der Waals surface area contributed by atoms with E-state index in [4.69, 9.17) is 10.5 Å². The molecular formula is C20H26N3O2+. The van der Waals surface area contributed by atoms with E-state index in [1.807, 2.05) is 54.0 Å². The van der Waals surface area contributed by atoms with Gasteiger partial charge in [0.15, 0.2) is 0 Å². The number of nitrogens with two attached hydrogens (primary N) is 1. The van der Waals surface area contributed by atoms with Gasteiger partial charge in [0.25, 0.3) is 0 Å². The number of nitrogen functional groups attached to an aromatic ring is 1. The number of aliphatic hydroxyl groups is 1. The predicted molar refractivity (Wildman–Crippen MR) is 99.5 cm³/mol. The Morgan fingerprint density at radius 1 is 1.16 bits per heavy atom. The van der Waals surface area contributed by atoms with E-state index in [9.17, 15) is 5.11 Å². The Hall–Kier alpha value is -2.53. The molecule has 0 bridgehead atoms. The van der Waals surface area contributed by atoms with Gasteiger partial charge in [0.05, 0.1) is 6.54 Å². The molecule has 3 rings (SSSR count). The molecule has 0 aliphatic heterocycles. The van der Waals surface area contributed by atoms with E-state index >= 15 is 0 Å². The van der Waals surface area contributed by atoms with Gasteiger partial charge in [0.2, 0.25) is 0 Å². The zero-order valence-electron chi connectivity index (χ0n) is 14.9. The second kappa shape index (κ2) is 7.57. The number of rotatable bonds is 7. The van der Waals surface area contributed by atoms with E-state index in [-0.39, 0.29) is 6.61 Å². The smallest absolute Gasteiger partial charge is 0.356 e. The number of anilines is 1. The summed E-state index contributed by atoms with van der Waals surface area (Å²) in [4.78, 5) is 0. The van der Waals surface area contributed by atoms with Crippen molar-refractivity contribution in [2.24, 2.45) is 0 Å². The summed E-state index contributed by atoms with van der Waals surface area (Å²) in [5.41, 5.74) is 9.54. The van der Waals surface area contributed by atoms with E-state index in [0.29, 0.717) is 12.5 Å². The van der Waals surface area contributed by atoms with Crippen molar-refractivity contribution in [2.75, 3.05) is 12.3 Å². The van der Waals surface area contributed by atoms with E-state index in [1.165, 1.54) is 0 Å². The topological polar surface area (TPSA) is 64.3 Å². The molecule has 2 aromatic carbocycles. The highest BCUT2D eigenvalue weighted by Crippen LogP contribution is 2.18. The van der Waals surface area contributed by atoms with Crippen LogP contribution in [0.3, 0.4) is 0 Å². The van der Waals surface area contributed by atoms with Crippen LogP contribution in [0.1, 0.15) is 18.9 Å². The fourth-order valence-corrected chi connectivity index (χ4v) is 3.13. The zero-order chi connectivity index (χ0) is 17.8. The lowest BCUT2D eigenvalue weighted by molar-refractivity contribution is -0.665. The van der Waals surface area contributed by atoms with Gasteiger partial charge in [-0.15, -0.1) is 0 Å². The first-order valence-electron chi connectivity index (χ1n) is 8.74. The Morgan fingerprint density at radius 3 is 2.64 bits per heavy atom. The molecule has 0 saturated carbocycles. The fraction of sp³-hybridized carbons (Fsp3) is 0.350. The SMILES string of the molecule is CCCn1c(N)[n+](C[C@@H](O)COc2ccccc2C)c2ccccc21. The van der Waals surface area contributed by atoms with Crippen LogP contribution in [-0.2, 0) is 13.1 Å². The molecule has 132 valence electrons. The summed E-state index contributed by atoms with van der Waals surface area (Å²) in [5.74, 6) is 1.46. The largest absolute Gasteiger partial charge is 0.490 e. The third-order valence-electron chi connectivity index (χ3n) is 4.38. The summed E-state index contributed by atoms with van der Waals surface area (Å²) in [7, 11) is 0. The minimum atomic E-state index is -0.646. The third-order valence-corrected chi connectivity index (χ3v) is 4.38. The number of nitrogens with zero attached hydrogens (tertiary/aromatic N) is 2. The summed E-state index contributed by atoms with van der Waals surface area (Å²) >= 11 is 0. The first-order chi connectivity index (χ1) is 12.1. The molecule has 0 fully saturated rings. The van der Waals surface area contributed by atoms with Gasteiger partial charge < -0.3 is 9.84 Å². The maximum atomic E-state index is 10.5. The standard InChI is InChI=1S/C20H25N3O2/c1-3-12-22-17-9-5-6-10-18(17)23(20(22)21)13-16(24)14-25-19-11-7-4-8-15(19)2/h4-11,16,21,24H,3,12-14H2,1-2H3/p+1/t16-/m1/s1. The van der Waals surface area contributed by atoms with Gasteiger partial charge in [0.1, 0.15) is 36.0 Å². The van der Waals surface area contributed by atoms with Gasteiger partial charge in [-0.05, 0) is 37.1 Å². The van der Waals surface area contributed by atoms with Crippen LogP contribution in [0.2, 0.25) is 0 Å². The number of aryl methyl sites for hydroxylation is 2. The molecule has 0 amide bonds. The van der Waals surface area contributed by atoms with E-state index < -0.39 is 6.10 Å². The third kappa shape index (κ3) is 3.61. The molecule has 3 aromatic rings. The zero-order valence-corrected chi connectivity index (χ0v) is 14.9. The summed E-state index contributed by atoms with van der Waals surface area (Å²) in [5, 5.41) is 10.5. The Kier molecular flexibility index (Phi) is 5.24. The Morgan fingerprint density at radius 2 is 1.88 bits per heavy atom. The first kappa shape index (κ1) is 17.3. The quantitative estimate of drug-likeness (QED) is 0.650. The number of imidazole rings is 1. The lowest BCUT2D eigenvalue weighted by Gasteiger charge is -2.13. The summed E-state index contributed by atoms with van der Waals surface area (Å²) in [6, 6.07) is 15.9. The number of hydrogen-bond acceptors (Lipinski definition) is 3. The van der Waals surface area contributed by atoms with Gasteiger partial charge in [-0.2, -0.15) is 0 Å². The highest BCUT2D eigenvalue weighted by atomic mass is 16.5. The Balaban J connectivity index is 1.78. The van der Waals surface area contributed by atoms with Crippen LogP contribution in [0.25, 0.3) is 11.0 Å². The molecule has 0 spiro atoms. The molecule has 1 heterocycles. The lowest BCUT2D eigenvalue weighted by atomic mass is 10.2. The van der Waals surface area contributed by atoms with Crippen LogP contribution in [0.15, 0.2) is 48.5 Å². The Bertz CT molecular complexity index is 857. The van der Waals surface area contributed by atoms with Crippen molar-refractivity contribution in [1.82, 2.24) is 4.57 Å². The lowest BCUT2D eigenvalue weighted by Crippen LogP contribution is -2.43. The van der Waals surface area contributed by atoms with Crippen molar-refractivity contribution in [2.45, 2.75) is 39.5 Å². The average molecular weight is 340 g/mol. The summed E-state index contributed by atoms with van der Waals surface area (Å²) < 4.78 is 9.84. The molecule has 0 saturated heterocycles. The molecule has 1 atom stereocenters. The van der Waals surface area contributed by atoms with E-state index in [2.05, 4.69) is 17.6 Å². The highest BCUT2D eigenvalue weighted by molar-refractivity contribution is 5.73. The molecule has 0 aliphatic rings. The normalized spacial score (nSPS) is 12.4. The van der Waals surface area contributed by atoms with Crippen molar-refractivity contribution >= 4 is 17.0 Å². The van der Waals surface area contributed by atoms with E-state index in [1.54, 1.807) is 0 Å². The van der Waals surface area contributed by atoms with Crippen LogP contribution < -0.4 is 15.0 Å². The van der Waals surface area contributed by atoms with Crippen molar-refractivity contribution in [3.8, 4) is 5.75 Å². The van der Waals surface area contributed by atoms with Gasteiger partial charge in [-0.25, -0.2) is 9.13 Å². The highest BCUT2D eigenvalue weighted by Gasteiger charge is 2.22. The molecule has 25 heavy (non-hydrogen) atoms. The fourth-order valence-electron chi connectivity index (χ4n) is 3.13. The minimum Gasteiger partial charge on any atom is -0.490 e. The minimum absolute atomic E-state index is 0.227. The van der Waals surface area contributed by atoms with Gasteiger partial charge in [0, 0.05) is 0 Å². The number of aliphatic hydroxyl groups excluding tert-OH is 1. The molecule has 5 heteroatoms. The van der Waals surface area contributed by atoms with Crippen LogP contribution >= 0.6 is 0 Å². The molecule has 0 unspecified atom stereocenters. The van der Waals surface area contributed by atoms with Crippen LogP contribution in [-0.4, -0.2) is 22.4 Å². The van der Waals surface area contributed by atoms with Crippen molar-refractivity contribution in [3.05, 3.63) is 54.1 Å². The van der Waals surface area contributed by atoms with Crippen LogP contribution in [0.4, 0.5) is 5.95 Å². The maximum Gasteiger partial charge on any atom is 0.356 e. The average Bonchev–Trinajstić information content (AvgIpc) is 2.87. The van der Waals surface area contributed by atoms with E-state index in [0.717, 1.165) is 35.3 Å². The van der Waals surface area contributed by atoms with Gasteiger partial charge in [-0.3, -0.25) is 5.73 Å². The van der Waals surface area contributed by atoms with Crippen molar-refractivity contribution < 1.29 is 14.4 Å². The second-order valence-electron chi connectivity index (χ2n) is 6.34. The van der Waals surface area contributed by atoms with Gasteiger partial charge >= 0.3 is 5.95 Å². The van der Waals surface area contributed by atoms with Crippen LogP contribution in [0, 0.1) is 6.92 Å². The molecule has 0 radical (unpaired) electrons. The molecule has 0 aliphatic carbocycles. The predicted octanol–water partition coefficient (Wildman–Crippen LogP) is 2.67. The number of hydrogen-bond donors (Lipinski definition) is 2. The van der Waals surface area contributed by atoms with Gasteiger partial charge in [-0.1, -0.05) is 37.3 Å². The Labute approximate surface area is 148 Å². The van der Waals surface area contributed by atoms with Crippen molar-refractivity contribution in [1.29, 1.82) is 0 Å². The molecule has 5 nitrogen and oxygen atoms in total. The van der Waals surface area contributed by atoms with Crippen LogP contribution in [0.5, 0.6) is 5.75 Å². The molecular weight excluding hydrogens is 314 g/mol. The first-order valence-corrected chi connectivity index (χ1v) is 8.74.